The highest BCUT2D eigenvalue weighted by Crippen LogP contribution is 2.22. The molecule has 0 aliphatic rings. The normalized spacial score (nSPS) is 10.6. The minimum absolute atomic E-state index is 0.232. The first-order valence-electron chi connectivity index (χ1n) is 6.12. The van der Waals surface area contributed by atoms with E-state index in [-0.39, 0.29) is 11.6 Å². The van der Waals surface area contributed by atoms with Gasteiger partial charge < -0.3 is 5.32 Å². The number of pyridine rings is 2. The minimum Gasteiger partial charge on any atom is -0.305 e. The van der Waals surface area contributed by atoms with Gasteiger partial charge in [-0.2, -0.15) is 0 Å². The van der Waals surface area contributed by atoms with Crippen LogP contribution >= 0.6 is 23.2 Å². The molecule has 0 fully saturated rings. The van der Waals surface area contributed by atoms with Crippen molar-refractivity contribution in [3.8, 4) is 0 Å². The van der Waals surface area contributed by atoms with Gasteiger partial charge in [-0.1, -0.05) is 47.5 Å². The Balaban J connectivity index is 1.92. The number of halogens is 2. The monoisotopic (exact) mass is 317 g/mol. The van der Waals surface area contributed by atoms with Crippen molar-refractivity contribution < 1.29 is 4.79 Å². The molecule has 3 aromatic rings. The molecule has 0 aliphatic carbocycles. The highest BCUT2D eigenvalue weighted by atomic mass is 35.5. The van der Waals surface area contributed by atoms with Crippen molar-refractivity contribution in [3.05, 3.63) is 64.5 Å². The van der Waals surface area contributed by atoms with Gasteiger partial charge in [0, 0.05) is 11.6 Å². The zero-order valence-corrected chi connectivity index (χ0v) is 12.2. The highest BCUT2D eigenvalue weighted by Gasteiger charge is 2.11. The Morgan fingerprint density at radius 2 is 1.90 bits per heavy atom. The number of hydrogen-bond donors (Lipinski definition) is 1. The summed E-state index contributed by atoms with van der Waals surface area (Å²) >= 11 is 11.9. The second-order valence-electron chi connectivity index (χ2n) is 4.34. The molecule has 0 radical (unpaired) electrons. The highest BCUT2D eigenvalue weighted by molar-refractivity contribution is 6.34. The van der Waals surface area contributed by atoms with Crippen molar-refractivity contribution in [3.63, 3.8) is 0 Å². The molecule has 2 aromatic heterocycles. The van der Waals surface area contributed by atoms with Gasteiger partial charge >= 0.3 is 0 Å². The number of fused-ring (bicyclic) bond motifs is 1. The Hall–Kier alpha value is -2.17. The van der Waals surface area contributed by atoms with Gasteiger partial charge in [0.1, 0.15) is 16.7 Å². The molecule has 4 nitrogen and oxygen atoms in total. The van der Waals surface area contributed by atoms with E-state index >= 15 is 0 Å². The third-order valence-corrected chi connectivity index (χ3v) is 3.41. The second-order valence-corrected chi connectivity index (χ2v) is 5.13. The lowest BCUT2D eigenvalue weighted by molar-refractivity contribution is 0.102. The van der Waals surface area contributed by atoms with E-state index in [0.717, 1.165) is 10.8 Å². The van der Waals surface area contributed by atoms with Crippen LogP contribution in [0, 0.1) is 0 Å². The van der Waals surface area contributed by atoms with E-state index in [9.17, 15) is 4.79 Å². The number of carbonyl (C=O) groups is 1. The van der Waals surface area contributed by atoms with Crippen LogP contribution in [0.1, 0.15) is 10.5 Å². The molecule has 104 valence electrons. The average Bonchev–Trinajstić information content (AvgIpc) is 2.49. The van der Waals surface area contributed by atoms with Crippen molar-refractivity contribution in [1.82, 2.24) is 9.97 Å². The van der Waals surface area contributed by atoms with Crippen molar-refractivity contribution >= 4 is 45.7 Å². The quantitative estimate of drug-likeness (QED) is 0.721. The molecule has 0 saturated heterocycles. The summed E-state index contributed by atoms with van der Waals surface area (Å²) in [4.78, 5) is 20.3. The summed E-state index contributed by atoms with van der Waals surface area (Å²) in [7, 11) is 0. The fraction of sp³-hybridized carbons (Fsp3) is 0. The van der Waals surface area contributed by atoms with Crippen molar-refractivity contribution in [1.29, 1.82) is 0 Å². The van der Waals surface area contributed by atoms with Gasteiger partial charge in [-0.05, 0) is 23.6 Å². The molecule has 1 amide bonds. The molecule has 0 unspecified atom stereocenters. The lowest BCUT2D eigenvalue weighted by Crippen LogP contribution is -2.14. The first kappa shape index (κ1) is 13.8. The van der Waals surface area contributed by atoms with Crippen LogP contribution in [-0.4, -0.2) is 15.9 Å². The summed E-state index contributed by atoms with van der Waals surface area (Å²) in [5.41, 5.74) is 0.232. The van der Waals surface area contributed by atoms with Crippen LogP contribution in [0.25, 0.3) is 10.8 Å². The molecule has 1 N–H and O–H groups in total. The first-order valence-corrected chi connectivity index (χ1v) is 6.87. The molecular formula is C15H9Cl2N3O. The Bertz CT molecular complexity index is 819. The number of nitrogens with one attached hydrogen (secondary N) is 1. The molecular weight excluding hydrogens is 309 g/mol. The number of hydrogen-bond acceptors (Lipinski definition) is 3. The van der Waals surface area contributed by atoms with E-state index in [2.05, 4.69) is 15.3 Å². The minimum atomic E-state index is -0.377. The fourth-order valence-electron chi connectivity index (χ4n) is 1.90. The van der Waals surface area contributed by atoms with Crippen LogP contribution in [0.4, 0.5) is 5.82 Å². The maximum atomic E-state index is 12.2. The average molecular weight is 318 g/mol. The van der Waals surface area contributed by atoms with Crippen molar-refractivity contribution in [2.75, 3.05) is 5.32 Å². The lowest BCUT2D eigenvalue weighted by atomic mass is 10.1. The van der Waals surface area contributed by atoms with Crippen LogP contribution in [0.3, 0.4) is 0 Å². The molecule has 21 heavy (non-hydrogen) atoms. The summed E-state index contributed by atoms with van der Waals surface area (Å²) in [6.07, 6.45) is 1.46. The van der Waals surface area contributed by atoms with E-state index in [1.165, 1.54) is 6.20 Å². The number of amides is 1. The number of benzene rings is 1. The number of carbonyl (C=O) groups excluding carboxylic acids is 1. The Morgan fingerprint density at radius 1 is 1.10 bits per heavy atom. The van der Waals surface area contributed by atoms with Gasteiger partial charge in [0.05, 0.1) is 5.02 Å². The topological polar surface area (TPSA) is 54.9 Å². The van der Waals surface area contributed by atoms with Crippen LogP contribution in [0.2, 0.25) is 10.2 Å². The summed E-state index contributed by atoms with van der Waals surface area (Å²) in [5, 5.41) is 5.10. The Morgan fingerprint density at radius 3 is 2.67 bits per heavy atom. The molecule has 0 aliphatic heterocycles. The molecule has 0 spiro atoms. The summed E-state index contributed by atoms with van der Waals surface area (Å²) in [6, 6.07) is 12.4. The SMILES string of the molecule is O=C(Nc1ccc(Cl)cn1)c1cc2ccccc2c(Cl)n1. The molecule has 0 bridgehead atoms. The van der Waals surface area contributed by atoms with E-state index in [4.69, 9.17) is 23.2 Å². The zero-order valence-electron chi connectivity index (χ0n) is 10.7. The predicted molar refractivity (Wildman–Crippen MR) is 84.0 cm³/mol. The third kappa shape index (κ3) is 2.96. The first-order chi connectivity index (χ1) is 10.1. The van der Waals surface area contributed by atoms with Crippen LogP contribution in [-0.2, 0) is 0 Å². The molecule has 2 heterocycles. The number of aromatic nitrogens is 2. The maximum absolute atomic E-state index is 12.2. The number of rotatable bonds is 2. The molecule has 0 atom stereocenters. The predicted octanol–water partition coefficient (Wildman–Crippen LogP) is 4.19. The van der Waals surface area contributed by atoms with Gasteiger partial charge in [-0.3, -0.25) is 4.79 Å². The maximum Gasteiger partial charge on any atom is 0.275 e. The van der Waals surface area contributed by atoms with Gasteiger partial charge in [-0.25, -0.2) is 9.97 Å². The molecule has 6 heteroatoms. The van der Waals surface area contributed by atoms with Crippen LogP contribution in [0.5, 0.6) is 0 Å². The zero-order chi connectivity index (χ0) is 14.8. The van der Waals surface area contributed by atoms with Crippen molar-refractivity contribution in [2.24, 2.45) is 0 Å². The van der Waals surface area contributed by atoms with E-state index in [0.29, 0.717) is 16.0 Å². The fourth-order valence-corrected chi connectivity index (χ4v) is 2.28. The van der Waals surface area contributed by atoms with Gasteiger partial charge in [-0.15, -0.1) is 0 Å². The molecule has 1 aromatic carbocycles. The lowest BCUT2D eigenvalue weighted by Gasteiger charge is -2.06. The van der Waals surface area contributed by atoms with E-state index < -0.39 is 0 Å². The standard InChI is InChI=1S/C15H9Cl2N3O/c16-10-5-6-13(18-8-10)20-15(21)12-7-9-3-1-2-4-11(9)14(17)19-12/h1-8H,(H,18,20,21). The van der Waals surface area contributed by atoms with Gasteiger partial charge in [0.25, 0.3) is 5.91 Å². The second kappa shape index (κ2) is 5.68. The van der Waals surface area contributed by atoms with E-state index in [1.54, 1.807) is 18.2 Å². The summed E-state index contributed by atoms with van der Waals surface area (Å²) in [6.45, 7) is 0. The third-order valence-electron chi connectivity index (χ3n) is 2.90. The van der Waals surface area contributed by atoms with Gasteiger partial charge in [0.2, 0.25) is 0 Å². The Labute approximate surface area is 130 Å². The van der Waals surface area contributed by atoms with Crippen LogP contribution in [0.15, 0.2) is 48.7 Å². The Kier molecular flexibility index (Phi) is 3.73. The summed E-state index contributed by atoms with van der Waals surface area (Å²) in [5.74, 6) is 0.0213. The number of anilines is 1. The number of nitrogens with zero attached hydrogens (tertiary/aromatic N) is 2. The summed E-state index contributed by atoms with van der Waals surface area (Å²) < 4.78 is 0. The van der Waals surface area contributed by atoms with Crippen LogP contribution < -0.4 is 5.32 Å². The smallest absolute Gasteiger partial charge is 0.275 e. The van der Waals surface area contributed by atoms with Crippen molar-refractivity contribution in [2.45, 2.75) is 0 Å². The van der Waals surface area contributed by atoms with Gasteiger partial charge in [0.15, 0.2) is 0 Å². The largest absolute Gasteiger partial charge is 0.305 e. The molecule has 3 rings (SSSR count). The molecule has 0 saturated carbocycles. The van der Waals surface area contributed by atoms with E-state index in [1.807, 2.05) is 24.3 Å².